The van der Waals surface area contributed by atoms with Crippen molar-refractivity contribution in [3.05, 3.63) is 64.0 Å². The van der Waals surface area contributed by atoms with Crippen LogP contribution in [0.1, 0.15) is 25.1 Å². The SMILES string of the molecule is COC(=O)C(C)(C)c1nnc(-c2nn(Cc3ccc(OC)cc3)c3ncc(F)cc23)[nH]c1=O. The number of H-pyrrole nitrogens is 1. The number of rotatable bonds is 6. The second-order valence-corrected chi connectivity index (χ2v) is 7.85. The van der Waals surface area contributed by atoms with Crippen molar-refractivity contribution in [3.8, 4) is 17.3 Å². The van der Waals surface area contributed by atoms with Gasteiger partial charge in [0, 0.05) is 0 Å². The van der Waals surface area contributed by atoms with Gasteiger partial charge >= 0.3 is 5.97 Å². The van der Waals surface area contributed by atoms with Crippen molar-refractivity contribution in [2.75, 3.05) is 14.2 Å². The van der Waals surface area contributed by atoms with Gasteiger partial charge in [-0.3, -0.25) is 9.59 Å². The lowest BCUT2D eigenvalue weighted by Gasteiger charge is -2.18. The van der Waals surface area contributed by atoms with Gasteiger partial charge in [0.05, 0.1) is 32.3 Å². The van der Waals surface area contributed by atoms with E-state index in [-0.39, 0.29) is 17.2 Å². The standard InChI is InChI=1S/C22H21FN6O4/c1-22(2,21(31)33-4)17-20(30)25-18(27-26-17)16-15-9-13(23)10-24-19(15)29(28-16)11-12-5-7-14(32-3)8-6-12/h5-10H,11H2,1-4H3,(H,25,27,30). The molecule has 170 valence electrons. The maximum atomic E-state index is 14.0. The lowest BCUT2D eigenvalue weighted by molar-refractivity contribution is -0.146. The number of carbonyl (C=O) groups excluding carboxylic acids is 1. The minimum atomic E-state index is -1.31. The lowest BCUT2D eigenvalue weighted by atomic mass is 9.90. The molecule has 1 aromatic carbocycles. The van der Waals surface area contributed by atoms with E-state index in [0.717, 1.165) is 11.8 Å². The van der Waals surface area contributed by atoms with E-state index in [0.29, 0.717) is 23.3 Å². The van der Waals surface area contributed by atoms with Crippen molar-refractivity contribution >= 4 is 17.0 Å². The highest BCUT2D eigenvalue weighted by Gasteiger charge is 2.36. The Balaban J connectivity index is 1.79. The van der Waals surface area contributed by atoms with Gasteiger partial charge < -0.3 is 14.5 Å². The number of carbonyl (C=O) groups is 1. The fourth-order valence-electron chi connectivity index (χ4n) is 3.43. The molecule has 0 aliphatic carbocycles. The minimum absolute atomic E-state index is 0.0234. The molecule has 0 bridgehead atoms. The molecule has 0 amide bonds. The predicted octanol–water partition coefficient (Wildman–Crippen LogP) is 2.22. The van der Waals surface area contributed by atoms with Gasteiger partial charge in [-0.1, -0.05) is 12.1 Å². The van der Waals surface area contributed by atoms with Gasteiger partial charge in [0.25, 0.3) is 5.56 Å². The van der Waals surface area contributed by atoms with Crippen LogP contribution in [-0.2, 0) is 21.5 Å². The number of nitrogens with one attached hydrogen (secondary N) is 1. The molecule has 33 heavy (non-hydrogen) atoms. The Bertz CT molecular complexity index is 1390. The zero-order chi connectivity index (χ0) is 23.8. The number of pyridine rings is 1. The van der Waals surface area contributed by atoms with Gasteiger partial charge in [-0.2, -0.15) is 5.10 Å². The third-order valence-electron chi connectivity index (χ3n) is 5.25. The molecule has 0 atom stereocenters. The van der Waals surface area contributed by atoms with Gasteiger partial charge in [-0.25, -0.2) is 14.1 Å². The van der Waals surface area contributed by atoms with Gasteiger partial charge in [-0.05, 0) is 37.6 Å². The molecule has 3 aromatic heterocycles. The number of hydrogen-bond donors (Lipinski definition) is 1. The molecule has 10 nitrogen and oxygen atoms in total. The van der Waals surface area contributed by atoms with E-state index in [1.807, 2.05) is 24.3 Å². The van der Waals surface area contributed by atoms with E-state index in [1.54, 1.807) is 11.8 Å². The van der Waals surface area contributed by atoms with E-state index >= 15 is 0 Å². The number of ether oxygens (including phenoxy) is 2. The largest absolute Gasteiger partial charge is 0.497 e. The van der Waals surface area contributed by atoms with E-state index in [4.69, 9.17) is 9.47 Å². The Morgan fingerprint density at radius 1 is 1.18 bits per heavy atom. The molecule has 4 aromatic rings. The molecule has 3 heterocycles. The summed E-state index contributed by atoms with van der Waals surface area (Å²) in [6.45, 7) is 3.36. The van der Waals surface area contributed by atoms with Crippen LogP contribution < -0.4 is 10.3 Å². The van der Waals surface area contributed by atoms with E-state index < -0.39 is 22.8 Å². The van der Waals surface area contributed by atoms with E-state index in [1.165, 1.54) is 27.0 Å². The highest BCUT2D eigenvalue weighted by Crippen LogP contribution is 2.26. The average Bonchev–Trinajstić information content (AvgIpc) is 3.15. The zero-order valence-corrected chi connectivity index (χ0v) is 18.4. The minimum Gasteiger partial charge on any atom is -0.497 e. The number of fused-ring (bicyclic) bond motifs is 1. The molecule has 11 heteroatoms. The smallest absolute Gasteiger partial charge is 0.317 e. The van der Waals surface area contributed by atoms with Gasteiger partial charge in [-0.15, -0.1) is 10.2 Å². The van der Waals surface area contributed by atoms with Crippen molar-refractivity contribution < 1.29 is 18.7 Å². The fourth-order valence-corrected chi connectivity index (χ4v) is 3.43. The first-order valence-electron chi connectivity index (χ1n) is 9.96. The Morgan fingerprint density at radius 2 is 1.91 bits per heavy atom. The maximum absolute atomic E-state index is 14.0. The second-order valence-electron chi connectivity index (χ2n) is 7.85. The third kappa shape index (κ3) is 4.04. The Morgan fingerprint density at radius 3 is 2.55 bits per heavy atom. The number of hydrogen-bond acceptors (Lipinski definition) is 8. The summed E-state index contributed by atoms with van der Waals surface area (Å²) < 4.78 is 25.5. The molecule has 0 spiro atoms. The van der Waals surface area contributed by atoms with Crippen LogP contribution in [0.3, 0.4) is 0 Å². The molecule has 0 aliphatic heterocycles. The molecule has 0 saturated carbocycles. The summed E-state index contributed by atoms with van der Waals surface area (Å²) in [7, 11) is 2.81. The Hall–Kier alpha value is -4.15. The first-order valence-corrected chi connectivity index (χ1v) is 9.96. The maximum Gasteiger partial charge on any atom is 0.317 e. The normalized spacial score (nSPS) is 11.5. The summed E-state index contributed by atoms with van der Waals surface area (Å²) in [5, 5.41) is 12.9. The number of aromatic nitrogens is 6. The van der Waals surface area contributed by atoms with E-state index in [2.05, 4.69) is 25.3 Å². The molecule has 0 unspecified atom stereocenters. The quantitative estimate of drug-likeness (QED) is 0.442. The molecule has 0 aliphatic rings. The number of esters is 1. The van der Waals surface area contributed by atoms with Crippen molar-refractivity contribution in [1.82, 2.24) is 29.9 Å². The topological polar surface area (TPSA) is 125 Å². The number of benzene rings is 1. The van der Waals surface area contributed by atoms with Crippen molar-refractivity contribution in [1.29, 1.82) is 0 Å². The summed E-state index contributed by atoms with van der Waals surface area (Å²) >= 11 is 0. The van der Waals surface area contributed by atoms with Crippen molar-refractivity contribution in [2.24, 2.45) is 0 Å². The van der Waals surface area contributed by atoms with Gasteiger partial charge in [0.15, 0.2) is 11.5 Å². The van der Waals surface area contributed by atoms with Crippen LogP contribution in [0.25, 0.3) is 22.6 Å². The number of methoxy groups -OCH3 is 2. The molecule has 0 fully saturated rings. The van der Waals surface area contributed by atoms with Crippen LogP contribution in [0.2, 0.25) is 0 Å². The van der Waals surface area contributed by atoms with Crippen molar-refractivity contribution in [3.63, 3.8) is 0 Å². The van der Waals surface area contributed by atoms with Crippen LogP contribution in [0, 0.1) is 5.82 Å². The van der Waals surface area contributed by atoms with Crippen LogP contribution >= 0.6 is 0 Å². The molecular formula is C22H21FN6O4. The summed E-state index contributed by atoms with van der Waals surface area (Å²) in [5.41, 5.74) is -0.520. The van der Waals surface area contributed by atoms with Gasteiger partial charge in [0.2, 0.25) is 0 Å². The molecule has 1 N–H and O–H groups in total. The summed E-state index contributed by atoms with van der Waals surface area (Å²) in [6.07, 6.45) is 1.09. The molecule has 0 radical (unpaired) electrons. The number of nitrogens with zero attached hydrogens (tertiary/aromatic N) is 5. The first-order chi connectivity index (χ1) is 15.7. The molecule has 4 rings (SSSR count). The number of halogens is 1. The molecular weight excluding hydrogens is 431 g/mol. The lowest BCUT2D eigenvalue weighted by Crippen LogP contribution is -2.38. The highest BCUT2D eigenvalue weighted by molar-refractivity contribution is 5.89. The summed E-state index contributed by atoms with van der Waals surface area (Å²) in [4.78, 5) is 31.6. The fraction of sp³-hybridized carbons (Fsp3) is 0.273. The van der Waals surface area contributed by atoms with Crippen LogP contribution in [0.5, 0.6) is 5.75 Å². The van der Waals surface area contributed by atoms with Crippen LogP contribution in [0.4, 0.5) is 4.39 Å². The third-order valence-corrected chi connectivity index (χ3v) is 5.25. The Kier molecular flexibility index (Phi) is 5.62. The van der Waals surface area contributed by atoms with E-state index in [9.17, 15) is 14.0 Å². The first kappa shape index (κ1) is 22.1. The second kappa shape index (κ2) is 8.41. The average molecular weight is 452 g/mol. The molecule has 0 saturated heterocycles. The van der Waals surface area contributed by atoms with Crippen LogP contribution in [-0.4, -0.2) is 50.1 Å². The highest BCUT2D eigenvalue weighted by atomic mass is 19.1. The Labute approximate surface area is 187 Å². The monoisotopic (exact) mass is 452 g/mol. The van der Waals surface area contributed by atoms with Crippen molar-refractivity contribution in [2.45, 2.75) is 25.8 Å². The van der Waals surface area contributed by atoms with Crippen LogP contribution in [0.15, 0.2) is 41.3 Å². The predicted molar refractivity (Wildman–Crippen MR) is 116 cm³/mol. The summed E-state index contributed by atoms with van der Waals surface area (Å²) in [5.74, 6) is -0.454. The zero-order valence-electron chi connectivity index (χ0n) is 18.4. The van der Waals surface area contributed by atoms with Gasteiger partial charge in [0.1, 0.15) is 28.4 Å². The number of aromatic amines is 1. The summed E-state index contributed by atoms with van der Waals surface area (Å²) in [6, 6.07) is 8.66.